The molecule has 8 nitrogen and oxygen atoms in total. The number of rotatable bonds is 8. The molecule has 0 spiro atoms. The molecule has 0 aliphatic heterocycles. The highest BCUT2D eigenvalue weighted by molar-refractivity contribution is 5.88. The number of carboxylic acid groups (broad SMARTS) is 1. The SMILES string of the molecule is NCCCC(N)C(=O)NCC(=O)NCC(=O)O. The Hall–Kier alpha value is -1.67. The first-order valence-electron chi connectivity index (χ1n) is 5.19. The van der Waals surface area contributed by atoms with Crippen LogP contribution in [0.15, 0.2) is 0 Å². The summed E-state index contributed by atoms with van der Waals surface area (Å²) in [7, 11) is 0. The second-order valence-electron chi connectivity index (χ2n) is 3.43. The smallest absolute Gasteiger partial charge is 0.322 e. The average molecular weight is 246 g/mol. The molecule has 0 aliphatic carbocycles. The van der Waals surface area contributed by atoms with Crippen LogP contribution in [0, 0.1) is 0 Å². The van der Waals surface area contributed by atoms with Crippen molar-refractivity contribution in [3.8, 4) is 0 Å². The summed E-state index contributed by atoms with van der Waals surface area (Å²) in [5.41, 5.74) is 10.8. The van der Waals surface area contributed by atoms with Crippen LogP contribution in [-0.2, 0) is 14.4 Å². The van der Waals surface area contributed by atoms with Crippen molar-refractivity contribution in [1.82, 2.24) is 10.6 Å². The fraction of sp³-hybridized carbons (Fsp3) is 0.667. The maximum absolute atomic E-state index is 11.3. The second kappa shape index (κ2) is 8.48. The molecule has 0 aromatic heterocycles. The molecular formula is C9H18N4O4. The lowest BCUT2D eigenvalue weighted by molar-refractivity contribution is -0.137. The van der Waals surface area contributed by atoms with E-state index in [0.717, 1.165) is 0 Å². The molecule has 0 rings (SSSR count). The number of hydrogen-bond acceptors (Lipinski definition) is 5. The zero-order valence-corrected chi connectivity index (χ0v) is 9.44. The Labute approximate surface area is 98.7 Å². The summed E-state index contributed by atoms with van der Waals surface area (Å²) >= 11 is 0. The van der Waals surface area contributed by atoms with Gasteiger partial charge in [-0.3, -0.25) is 14.4 Å². The normalized spacial score (nSPS) is 11.6. The van der Waals surface area contributed by atoms with E-state index in [-0.39, 0.29) is 6.54 Å². The van der Waals surface area contributed by atoms with Crippen LogP contribution in [-0.4, -0.2) is 48.6 Å². The summed E-state index contributed by atoms with van der Waals surface area (Å²) < 4.78 is 0. The van der Waals surface area contributed by atoms with Crippen molar-refractivity contribution in [3.05, 3.63) is 0 Å². The van der Waals surface area contributed by atoms with Gasteiger partial charge in [-0.25, -0.2) is 0 Å². The van der Waals surface area contributed by atoms with Crippen LogP contribution >= 0.6 is 0 Å². The van der Waals surface area contributed by atoms with E-state index in [1.54, 1.807) is 0 Å². The molecule has 7 N–H and O–H groups in total. The predicted octanol–water partition coefficient (Wildman–Crippen LogP) is -2.63. The third-order valence-electron chi connectivity index (χ3n) is 1.92. The van der Waals surface area contributed by atoms with Gasteiger partial charge in [0.15, 0.2) is 0 Å². The molecule has 0 aromatic rings. The minimum atomic E-state index is -1.15. The Kier molecular flexibility index (Phi) is 7.65. The Bertz CT molecular complexity index is 282. The number of amides is 2. The van der Waals surface area contributed by atoms with Gasteiger partial charge >= 0.3 is 5.97 Å². The molecule has 98 valence electrons. The van der Waals surface area contributed by atoms with Crippen molar-refractivity contribution >= 4 is 17.8 Å². The van der Waals surface area contributed by atoms with Crippen LogP contribution in [0.2, 0.25) is 0 Å². The van der Waals surface area contributed by atoms with Gasteiger partial charge in [0.25, 0.3) is 0 Å². The van der Waals surface area contributed by atoms with Crippen LogP contribution in [0.1, 0.15) is 12.8 Å². The Morgan fingerprint density at radius 3 is 2.35 bits per heavy atom. The third-order valence-corrected chi connectivity index (χ3v) is 1.92. The third kappa shape index (κ3) is 8.17. The van der Waals surface area contributed by atoms with E-state index in [9.17, 15) is 14.4 Å². The van der Waals surface area contributed by atoms with Crippen molar-refractivity contribution in [3.63, 3.8) is 0 Å². The molecule has 0 radical (unpaired) electrons. The van der Waals surface area contributed by atoms with Gasteiger partial charge in [-0.15, -0.1) is 0 Å². The van der Waals surface area contributed by atoms with E-state index < -0.39 is 30.4 Å². The van der Waals surface area contributed by atoms with Gasteiger partial charge in [-0.1, -0.05) is 0 Å². The summed E-state index contributed by atoms with van der Waals surface area (Å²) in [5.74, 6) is -2.18. The van der Waals surface area contributed by atoms with Crippen LogP contribution < -0.4 is 22.1 Å². The molecule has 8 heteroatoms. The predicted molar refractivity (Wildman–Crippen MR) is 59.9 cm³/mol. The highest BCUT2D eigenvalue weighted by atomic mass is 16.4. The van der Waals surface area contributed by atoms with Crippen molar-refractivity contribution < 1.29 is 19.5 Å². The van der Waals surface area contributed by atoms with E-state index in [2.05, 4.69) is 10.6 Å². The van der Waals surface area contributed by atoms with Gasteiger partial charge in [0.1, 0.15) is 6.54 Å². The summed E-state index contributed by atoms with van der Waals surface area (Å²) in [4.78, 5) is 32.5. The van der Waals surface area contributed by atoms with Crippen LogP contribution in [0.25, 0.3) is 0 Å². The summed E-state index contributed by atoms with van der Waals surface area (Å²) in [5, 5.41) is 12.7. The van der Waals surface area contributed by atoms with Crippen molar-refractivity contribution in [2.45, 2.75) is 18.9 Å². The number of nitrogens with two attached hydrogens (primary N) is 2. The summed E-state index contributed by atoms with van der Waals surface area (Å²) in [6.07, 6.45) is 1.07. The number of hydrogen-bond donors (Lipinski definition) is 5. The van der Waals surface area contributed by atoms with Crippen molar-refractivity contribution in [2.75, 3.05) is 19.6 Å². The maximum atomic E-state index is 11.3. The van der Waals surface area contributed by atoms with Gasteiger partial charge in [0, 0.05) is 0 Å². The number of nitrogens with one attached hydrogen (secondary N) is 2. The lowest BCUT2D eigenvalue weighted by Gasteiger charge is -2.11. The van der Waals surface area contributed by atoms with Crippen LogP contribution in [0.3, 0.4) is 0 Å². The number of carbonyl (C=O) groups excluding carboxylic acids is 2. The Balaban J connectivity index is 3.75. The van der Waals surface area contributed by atoms with Crippen LogP contribution in [0.4, 0.5) is 0 Å². The number of carbonyl (C=O) groups is 3. The topological polar surface area (TPSA) is 148 Å². The van der Waals surface area contributed by atoms with E-state index in [4.69, 9.17) is 16.6 Å². The molecule has 0 saturated carbocycles. The van der Waals surface area contributed by atoms with Gasteiger partial charge in [-0.05, 0) is 19.4 Å². The molecule has 0 fully saturated rings. The van der Waals surface area contributed by atoms with Gasteiger partial charge < -0.3 is 27.2 Å². The average Bonchev–Trinajstić information content (AvgIpc) is 2.30. The first-order chi connectivity index (χ1) is 7.97. The molecule has 0 saturated heterocycles. The molecule has 2 amide bonds. The Morgan fingerprint density at radius 1 is 1.18 bits per heavy atom. The molecule has 1 unspecified atom stereocenters. The maximum Gasteiger partial charge on any atom is 0.322 e. The first kappa shape index (κ1) is 15.3. The van der Waals surface area contributed by atoms with Gasteiger partial charge in [-0.2, -0.15) is 0 Å². The van der Waals surface area contributed by atoms with Gasteiger partial charge in [0.05, 0.1) is 12.6 Å². The van der Waals surface area contributed by atoms with E-state index in [1.807, 2.05) is 0 Å². The molecular weight excluding hydrogens is 228 g/mol. The quantitative estimate of drug-likeness (QED) is 0.316. The highest BCUT2D eigenvalue weighted by Crippen LogP contribution is 1.92. The molecule has 0 heterocycles. The van der Waals surface area contributed by atoms with E-state index >= 15 is 0 Å². The lowest BCUT2D eigenvalue weighted by Crippen LogP contribution is -2.45. The number of aliphatic carboxylic acids is 1. The zero-order chi connectivity index (χ0) is 13.3. The number of carboxylic acids is 1. The summed E-state index contributed by atoms with van der Waals surface area (Å²) in [6, 6.07) is -0.703. The fourth-order valence-electron chi connectivity index (χ4n) is 1.00. The summed E-state index contributed by atoms with van der Waals surface area (Å²) in [6.45, 7) is -0.323. The second-order valence-corrected chi connectivity index (χ2v) is 3.43. The Morgan fingerprint density at radius 2 is 1.82 bits per heavy atom. The molecule has 17 heavy (non-hydrogen) atoms. The highest BCUT2D eigenvalue weighted by Gasteiger charge is 2.13. The van der Waals surface area contributed by atoms with E-state index in [0.29, 0.717) is 19.4 Å². The molecule has 1 atom stereocenters. The van der Waals surface area contributed by atoms with Crippen LogP contribution in [0.5, 0.6) is 0 Å². The molecule has 0 aliphatic rings. The minimum Gasteiger partial charge on any atom is -0.480 e. The monoisotopic (exact) mass is 246 g/mol. The van der Waals surface area contributed by atoms with Gasteiger partial charge in [0.2, 0.25) is 11.8 Å². The largest absolute Gasteiger partial charge is 0.480 e. The zero-order valence-electron chi connectivity index (χ0n) is 9.44. The molecule has 0 bridgehead atoms. The lowest BCUT2D eigenvalue weighted by atomic mass is 10.1. The van der Waals surface area contributed by atoms with Crippen molar-refractivity contribution in [2.24, 2.45) is 11.5 Å². The minimum absolute atomic E-state index is 0.289. The van der Waals surface area contributed by atoms with Crippen molar-refractivity contribution in [1.29, 1.82) is 0 Å². The standard InChI is InChI=1S/C9H18N4O4/c10-3-1-2-6(11)9(17)13-4-7(14)12-5-8(15)16/h6H,1-5,10-11H2,(H,12,14)(H,13,17)(H,15,16). The first-order valence-corrected chi connectivity index (χ1v) is 5.19. The molecule has 0 aromatic carbocycles. The fourth-order valence-corrected chi connectivity index (χ4v) is 1.00. The van der Waals surface area contributed by atoms with E-state index in [1.165, 1.54) is 0 Å².